The lowest BCUT2D eigenvalue weighted by Gasteiger charge is -2.31. The minimum atomic E-state index is 0. The van der Waals surface area contributed by atoms with Crippen molar-refractivity contribution in [3.8, 4) is 5.75 Å². The van der Waals surface area contributed by atoms with E-state index in [1.54, 1.807) is 7.11 Å². The van der Waals surface area contributed by atoms with Crippen molar-refractivity contribution in [2.45, 2.75) is 26.4 Å². The van der Waals surface area contributed by atoms with Crippen molar-refractivity contribution < 1.29 is 4.74 Å². The van der Waals surface area contributed by atoms with Gasteiger partial charge >= 0.3 is 0 Å². The number of hydrogen-bond acceptors (Lipinski definition) is 3. The van der Waals surface area contributed by atoms with Gasteiger partial charge in [-0.25, -0.2) is 0 Å². The van der Waals surface area contributed by atoms with Crippen molar-refractivity contribution in [3.05, 3.63) is 29.3 Å². The Hall–Kier alpha value is -0.770. The molecule has 1 aromatic carbocycles. The van der Waals surface area contributed by atoms with E-state index in [2.05, 4.69) is 42.3 Å². The highest BCUT2D eigenvalue weighted by molar-refractivity contribution is 5.85. The number of halogens is 1. The molecule has 1 atom stereocenters. The third-order valence-corrected chi connectivity index (χ3v) is 3.32. The van der Waals surface area contributed by atoms with Gasteiger partial charge in [0.25, 0.3) is 0 Å². The van der Waals surface area contributed by atoms with Crippen LogP contribution in [0.15, 0.2) is 18.2 Å². The van der Waals surface area contributed by atoms with Crippen LogP contribution in [-0.4, -0.2) is 37.7 Å². The van der Waals surface area contributed by atoms with Crippen LogP contribution in [0, 0.1) is 6.92 Å². The molecule has 0 aliphatic carbocycles. The third-order valence-electron chi connectivity index (χ3n) is 3.32. The van der Waals surface area contributed by atoms with Gasteiger partial charge in [0, 0.05) is 32.2 Å². The Morgan fingerprint density at radius 1 is 1.44 bits per heavy atom. The van der Waals surface area contributed by atoms with Crippen molar-refractivity contribution in [1.82, 2.24) is 10.2 Å². The van der Waals surface area contributed by atoms with E-state index in [1.807, 2.05) is 0 Å². The molecule has 2 rings (SSSR count). The normalized spacial score (nSPS) is 20.3. The van der Waals surface area contributed by atoms with Crippen molar-refractivity contribution >= 4 is 12.4 Å². The quantitative estimate of drug-likeness (QED) is 0.912. The van der Waals surface area contributed by atoms with Crippen LogP contribution < -0.4 is 10.1 Å². The number of ether oxygens (including phenoxy) is 1. The van der Waals surface area contributed by atoms with Gasteiger partial charge in [0.05, 0.1) is 7.11 Å². The Morgan fingerprint density at radius 3 is 2.83 bits per heavy atom. The standard InChI is InChI=1S/C14H22N2O.ClH/c1-11-8-13(4-5-14(11)17-3)10-16-7-6-15-12(2)9-16;/h4-5,8,12,15H,6-7,9-10H2,1-3H3;1H/t12-;/m1./s1. The molecule has 102 valence electrons. The maximum absolute atomic E-state index is 5.28. The fourth-order valence-electron chi connectivity index (χ4n) is 2.45. The van der Waals surface area contributed by atoms with Crippen LogP contribution in [0.4, 0.5) is 0 Å². The van der Waals surface area contributed by atoms with E-state index >= 15 is 0 Å². The van der Waals surface area contributed by atoms with Crippen molar-refractivity contribution in [3.63, 3.8) is 0 Å². The maximum atomic E-state index is 5.28. The molecule has 0 aromatic heterocycles. The Labute approximate surface area is 116 Å². The number of aryl methyl sites for hydroxylation is 1. The lowest BCUT2D eigenvalue weighted by Crippen LogP contribution is -2.48. The van der Waals surface area contributed by atoms with Gasteiger partial charge in [0.2, 0.25) is 0 Å². The molecule has 1 N–H and O–H groups in total. The molecule has 0 saturated carbocycles. The highest BCUT2D eigenvalue weighted by Crippen LogP contribution is 2.19. The average Bonchev–Trinajstić information content (AvgIpc) is 2.29. The van der Waals surface area contributed by atoms with E-state index in [0.717, 1.165) is 31.9 Å². The van der Waals surface area contributed by atoms with E-state index in [9.17, 15) is 0 Å². The molecule has 1 fully saturated rings. The second-order valence-corrected chi connectivity index (χ2v) is 4.89. The topological polar surface area (TPSA) is 24.5 Å². The molecule has 0 radical (unpaired) electrons. The summed E-state index contributed by atoms with van der Waals surface area (Å²) < 4.78 is 5.28. The van der Waals surface area contributed by atoms with Gasteiger partial charge in [0.15, 0.2) is 0 Å². The van der Waals surface area contributed by atoms with Crippen LogP contribution in [0.2, 0.25) is 0 Å². The summed E-state index contributed by atoms with van der Waals surface area (Å²) in [6.07, 6.45) is 0. The molecular weight excluding hydrogens is 248 g/mol. The second kappa shape index (κ2) is 6.98. The Kier molecular flexibility index (Phi) is 5.93. The zero-order valence-corrected chi connectivity index (χ0v) is 12.2. The first-order valence-corrected chi connectivity index (χ1v) is 6.28. The van der Waals surface area contributed by atoms with Gasteiger partial charge in [-0.1, -0.05) is 12.1 Å². The summed E-state index contributed by atoms with van der Waals surface area (Å²) in [4.78, 5) is 2.50. The molecule has 18 heavy (non-hydrogen) atoms. The minimum Gasteiger partial charge on any atom is -0.496 e. The number of methoxy groups -OCH3 is 1. The Balaban J connectivity index is 0.00000162. The molecule has 0 unspecified atom stereocenters. The van der Waals surface area contributed by atoms with E-state index in [4.69, 9.17) is 4.74 Å². The minimum absolute atomic E-state index is 0. The SMILES string of the molecule is COc1ccc(CN2CCN[C@H](C)C2)cc1C.Cl. The van der Waals surface area contributed by atoms with Crippen LogP contribution in [0.25, 0.3) is 0 Å². The van der Waals surface area contributed by atoms with Gasteiger partial charge in [-0.05, 0) is 31.0 Å². The van der Waals surface area contributed by atoms with E-state index in [0.29, 0.717) is 6.04 Å². The van der Waals surface area contributed by atoms with Crippen LogP contribution in [0.5, 0.6) is 5.75 Å². The lowest BCUT2D eigenvalue weighted by molar-refractivity contribution is 0.199. The number of piperazine rings is 1. The van der Waals surface area contributed by atoms with Gasteiger partial charge in [-0.2, -0.15) is 0 Å². The first-order chi connectivity index (χ1) is 8.19. The van der Waals surface area contributed by atoms with Gasteiger partial charge < -0.3 is 10.1 Å². The largest absolute Gasteiger partial charge is 0.496 e. The fourth-order valence-corrected chi connectivity index (χ4v) is 2.45. The van der Waals surface area contributed by atoms with Crippen molar-refractivity contribution in [1.29, 1.82) is 0 Å². The summed E-state index contributed by atoms with van der Waals surface area (Å²) in [6, 6.07) is 7.06. The van der Waals surface area contributed by atoms with Gasteiger partial charge in [0.1, 0.15) is 5.75 Å². The van der Waals surface area contributed by atoms with Crippen molar-refractivity contribution in [2.24, 2.45) is 0 Å². The highest BCUT2D eigenvalue weighted by Gasteiger charge is 2.15. The predicted octanol–water partition coefficient (Wildman–Crippen LogP) is 2.22. The first kappa shape index (κ1) is 15.3. The molecule has 3 nitrogen and oxygen atoms in total. The molecule has 0 amide bonds. The summed E-state index contributed by atoms with van der Waals surface area (Å²) in [5.74, 6) is 0.974. The molecule has 1 saturated heterocycles. The van der Waals surface area contributed by atoms with Crippen LogP contribution in [0.3, 0.4) is 0 Å². The lowest BCUT2D eigenvalue weighted by atomic mass is 10.1. The summed E-state index contributed by atoms with van der Waals surface area (Å²) in [6.45, 7) is 8.74. The summed E-state index contributed by atoms with van der Waals surface area (Å²) in [5.41, 5.74) is 2.59. The number of rotatable bonds is 3. The van der Waals surface area contributed by atoms with Gasteiger partial charge in [-0.15, -0.1) is 12.4 Å². The Morgan fingerprint density at radius 2 is 2.22 bits per heavy atom. The zero-order chi connectivity index (χ0) is 12.3. The molecule has 1 aliphatic heterocycles. The molecule has 1 heterocycles. The molecular formula is C14H23ClN2O. The zero-order valence-electron chi connectivity index (χ0n) is 11.4. The monoisotopic (exact) mass is 270 g/mol. The van der Waals surface area contributed by atoms with Crippen LogP contribution >= 0.6 is 12.4 Å². The van der Waals surface area contributed by atoms with Gasteiger partial charge in [-0.3, -0.25) is 4.90 Å². The van der Waals surface area contributed by atoms with E-state index < -0.39 is 0 Å². The fraction of sp³-hybridized carbons (Fsp3) is 0.571. The predicted molar refractivity (Wildman–Crippen MR) is 77.7 cm³/mol. The molecule has 0 spiro atoms. The average molecular weight is 271 g/mol. The molecule has 4 heteroatoms. The highest BCUT2D eigenvalue weighted by atomic mass is 35.5. The molecule has 1 aliphatic rings. The van der Waals surface area contributed by atoms with Crippen molar-refractivity contribution in [2.75, 3.05) is 26.7 Å². The number of benzene rings is 1. The number of nitrogens with zero attached hydrogens (tertiary/aromatic N) is 1. The van der Waals surface area contributed by atoms with Crippen LogP contribution in [0.1, 0.15) is 18.1 Å². The third kappa shape index (κ3) is 3.87. The summed E-state index contributed by atoms with van der Waals surface area (Å²) in [7, 11) is 1.72. The summed E-state index contributed by atoms with van der Waals surface area (Å²) >= 11 is 0. The number of hydrogen-bond donors (Lipinski definition) is 1. The molecule has 1 aromatic rings. The first-order valence-electron chi connectivity index (χ1n) is 6.28. The van der Waals surface area contributed by atoms with E-state index in [-0.39, 0.29) is 12.4 Å². The summed E-state index contributed by atoms with van der Waals surface area (Å²) in [5, 5.41) is 3.47. The smallest absolute Gasteiger partial charge is 0.121 e. The molecule has 0 bridgehead atoms. The Bertz CT molecular complexity index is 384. The number of nitrogens with one attached hydrogen (secondary N) is 1. The maximum Gasteiger partial charge on any atom is 0.121 e. The van der Waals surface area contributed by atoms with Crippen LogP contribution in [-0.2, 0) is 6.54 Å². The second-order valence-electron chi connectivity index (χ2n) is 4.89. The van der Waals surface area contributed by atoms with E-state index in [1.165, 1.54) is 11.1 Å².